The van der Waals surface area contributed by atoms with Gasteiger partial charge in [-0.25, -0.2) is 0 Å². The summed E-state index contributed by atoms with van der Waals surface area (Å²) in [4.78, 5) is 1.40. The molecule has 0 atom stereocenters. The van der Waals surface area contributed by atoms with Crippen molar-refractivity contribution in [3.05, 3.63) is 0 Å². The molecule has 6 heteroatoms. The second-order valence-electron chi connectivity index (χ2n) is 3.91. The van der Waals surface area contributed by atoms with E-state index in [4.69, 9.17) is 18.1 Å². The van der Waals surface area contributed by atoms with Gasteiger partial charge in [0.05, 0.1) is 0 Å². The number of nitrogens with one attached hydrogen (secondary N) is 1. The molecule has 2 saturated heterocycles. The van der Waals surface area contributed by atoms with Gasteiger partial charge in [-0.1, -0.05) is 0 Å². The topological polar surface area (TPSA) is 41.4 Å². The number of rotatable bonds is 4. The predicted molar refractivity (Wildman–Crippen MR) is 57.6 cm³/mol. The summed E-state index contributed by atoms with van der Waals surface area (Å²) in [6.45, 7) is 8.76. The van der Waals surface area contributed by atoms with Crippen LogP contribution in [0.4, 0.5) is 0 Å². The van der Waals surface area contributed by atoms with Gasteiger partial charge in [0.2, 0.25) is 0 Å². The predicted octanol–water partition coefficient (Wildman–Crippen LogP) is 0.176. The van der Waals surface area contributed by atoms with Crippen LogP contribution in [-0.4, -0.2) is 45.8 Å². The Labute approximate surface area is 90.9 Å². The van der Waals surface area contributed by atoms with Crippen molar-refractivity contribution >= 4 is 7.51 Å². The van der Waals surface area contributed by atoms with Crippen LogP contribution in [0.5, 0.6) is 0 Å². The third-order valence-electron chi connectivity index (χ3n) is 3.01. The van der Waals surface area contributed by atoms with Gasteiger partial charge < -0.3 is 0 Å². The summed E-state index contributed by atoms with van der Waals surface area (Å²) in [6.07, 6.45) is 0.721. The fourth-order valence-electron chi connectivity index (χ4n) is 2.10. The Bertz CT molecular complexity index is 199. The first-order valence-electron chi connectivity index (χ1n) is 5.68. The van der Waals surface area contributed by atoms with Crippen LogP contribution in [0.2, 0.25) is 0 Å². The van der Waals surface area contributed by atoms with E-state index in [1.165, 1.54) is 4.90 Å². The molecule has 0 saturated carbocycles. The van der Waals surface area contributed by atoms with E-state index in [0.29, 0.717) is 26.4 Å². The van der Waals surface area contributed by atoms with Crippen LogP contribution in [0.15, 0.2) is 0 Å². The van der Waals surface area contributed by atoms with Crippen molar-refractivity contribution in [1.29, 1.82) is 0 Å². The fraction of sp³-hybridized carbons (Fsp3) is 1.00. The van der Waals surface area contributed by atoms with Crippen molar-refractivity contribution in [3.8, 4) is 0 Å². The molecular formula is C9H21NO4P+. The Morgan fingerprint density at radius 2 is 1.27 bits per heavy atom. The molecule has 2 aliphatic rings. The molecule has 2 heterocycles. The van der Waals surface area contributed by atoms with Gasteiger partial charge in [0.15, 0.2) is 0 Å². The van der Waals surface area contributed by atoms with Crippen LogP contribution < -0.4 is 4.90 Å². The van der Waals surface area contributed by atoms with Gasteiger partial charge in [0.25, 0.3) is 0 Å². The summed E-state index contributed by atoms with van der Waals surface area (Å²) >= 11 is 0. The van der Waals surface area contributed by atoms with Crippen molar-refractivity contribution < 1.29 is 23.0 Å². The molecule has 0 aromatic rings. The van der Waals surface area contributed by atoms with Crippen LogP contribution in [0.1, 0.15) is 13.8 Å². The number of hydrogen-bond donors (Lipinski definition) is 1. The molecule has 90 valence electrons. The van der Waals surface area contributed by atoms with E-state index in [-0.39, 0.29) is 0 Å². The van der Waals surface area contributed by atoms with E-state index >= 15 is 0 Å². The third-order valence-corrected chi connectivity index (χ3v) is 6.70. The molecule has 0 unspecified atom stereocenters. The first-order valence-corrected chi connectivity index (χ1v) is 7.77. The van der Waals surface area contributed by atoms with Gasteiger partial charge in [-0.15, -0.1) is 0 Å². The van der Waals surface area contributed by atoms with Gasteiger partial charge in [0.1, 0.15) is 0 Å². The van der Waals surface area contributed by atoms with Crippen LogP contribution >= 0.6 is 7.51 Å². The van der Waals surface area contributed by atoms with Gasteiger partial charge in [0, 0.05) is 0 Å². The second kappa shape index (κ2) is 4.24. The Morgan fingerprint density at radius 3 is 1.60 bits per heavy atom. The molecular weight excluding hydrogens is 217 g/mol. The molecule has 2 rings (SSSR count). The summed E-state index contributed by atoms with van der Waals surface area (Å²) < 4.78 is 23.1. The summed E-state index contributed by atoms with van der Waals surface area (Å²) in [5, 5.41) is 0. The maximum atomic E-state index is 5.77. The van der Waals surface area contributed by atoms with Crippen LogP contribution in [0, 0.1) is 0 Å². The van der Waals surface area contributed by atoms with E-state index in [9.17, 15) is 0 Å². The average Bonchev–Trinajstić information content (AvgIpc) is 2.86. The Hall–Kier alpha value is 0.230. The summed E-state index contributed by atoms with van der Waals surface area (Å²) in [5.74, 6) is 0. The summed E-state index contributed by atoms with van der Waals surface area (Å²) in [7, 11) is -3.13. The Morgan fingerprint density at radius 1 is 0.867 bits per heavy atom. The third kappa shape index (κ3) is 2.05. The number of hydrogen-bond acceptors (Lipinski definition) is 4. The molecule has 2 aliphatic heterocycles. The monoisotopic (exact) mass is 238 g/mol. The summed E-state index contributed by atoms with van der Waals surface area (Å²) in [6, 6.07) is 0. The zero-order valence-corrected chi connectivity index (χ0v) is 10.4. The fourth-order valence-corrected chi connectivity index (χ4v) is 5.80. The molecule has 0 aromatic heterocycles. The molecule has 0 bridgehead atoms. The normalized spacial score (nSPS) is 30.7. The van der Waals surface area contributed by atoms with E-state index in [1.807, 2.05) is 0 Å². The molecule has 15 heavy (non-hydrogen) atoms. The zero-order valence-electron chi connectivity index (χ0n) is 9.53. The maximum absolute atomic E-state index is 5.77. The molecule has 0 radical (unpaired) electrons. The molecule has 0 aromatic carbocycles. The molecule has 0 aliphatic carbocycles. The molecule has 1 N–H and O–H groups in total. The van der Waals surface area contributed by atoms with Gasteiger partial charge in [-0.05, 0) is 0 Å². The summed E-state index contributed by atoms with van der Waals surface area (Å²) in [5.41, 5.74) is 0. The molecule has 5 nitrogen and oxygen atoms in total. The zero-order chi connectivity index (χ0) is 10.8. The van der Waals surface area contributed by atoms with Crippen molar-refractivity contribution in [1.82, 2.24) is 0 Å². The van der Waals surface area contributed by atoms with Gasteiger partial charge >= 0.3 is 90.2 Å². The number of quaternary nitrogens is 1. The minimum atomic E-state index is -3.13. The van der Waals surface area contributed by atoms with Crippen molar-refractivity contribution in [2.75, 3.05) is 45.8 Å². The SMILES string of the molecule is CC[NH+](CC)CP12(OCCO1)OCCO2. The standard InChI is InChI=1S/C9H20NO4P/c1-3-10(4-2)9-15(11-5-6-12-15)13-7-8-14-15/h3-9H2,1-2H3/p+1. The Kier molecular flexibility index (Phi) is 3.31. The van der Waals surface area contributed by atoms with Crippen molar-refractivity contribution in [2.24, 2.45) is 0 Å². The molecule has 1 spiro atoms. The Balaban J connectivity index is 2.12. The van der Waals surface area contributed by atoms with E-state index in [1.54, 1.807) is 0 Å². The quantitative estimate of drug-likeness (QED) is 0.709. The first-order chi connectivity index (χ1) is 7.22. The first kappa shape index (κ1) is 11.7. The molecule has 0 amide bonds. The average molecular weight is 238 g/mol. The minimum absolute atomic E-state index is 0.596. The van der Waals surface area contributed by atoms with Crippen LogP contribution in [0.3, 0.4) is 0 Å². The van der Waals surface area contributed by atoms with E-state index in [2.05, 4.69) is 13.8 Å². The van der Waals surface area contributed by atoms with E-state index < -0.39 is 7.51 Å². The molecule has 2 fully saturated rings. The van der Waals surface area contributed by atoms with Crippen LogP contribution in [-0.2, 0) is 18.1 Å². The van der Waals surface area contributed by atoms with Gasteiger partial charge in [-0.2, -0.15) is 0 Å². The van der Waals surface area contributed by atoms with E-state index in [0.717, 1.165) is 19.4 Å². The second-order valence-corrected chi connectivity index (χ2v) is 7.19. The van der Waals surface area contributed by atoms with Crippen molar-refractivity contribution in [3.63, 3.8) is 0 Å². The van der Waals surface area contributed by atoms with Gasteiger partial charge in [-0.3, -0.25) is 0 Å². The van der Waals surface area contributed by atoms with Crippen molar-refractivity contribution in [2.45, 2.75) is 13.8 Å². The van der Waals surface area contributed by atoms with Crippen LogP contribution in [0.25, 0.3) is 0 Å².